The summed E-state index contributed by atoms with van der Waals surface area (Å²) in [5.41, 5.74) is 6.61. The standard InChI is InChI=1S/C13H19N3O2/c1-3-9-4-5-16(8-9)12-11(13(17)18-2)6-10(14)7-15-12/h6-7,9H,3-5,8,14H2,1-2H3. The lowest BCUT2D eigenvalue weighted by molar-refractivity contribution is 0.0601. The molecule has 1 aliphatic heterocycles. The predicted molar refractivity (Wildman–Crippen MR) is 70.6 cm³/mol. The number of anilines is 2. The zero-order chi connectivity index (χ0) is 13.1. The first-order chi connectivity index (χ1) is 8.65. The molecule has 0 saturated carbocycles. The van der Waals surface area contributed by atoms with Crippen LogP contribution < -0.4 is 10.6 Å². The summed E-state index contributed by atoms with van der Waals surface area (Å²) in [5, 5.41) is 0. The molecule has 5 nitrogen and oxygen atoms in total. The van der Waals surface area contributed by atoms with Crippen molar-refractivity contribution in [1.82, 2.24) is 4.98 Å². The summed E-state index contributed by atoms with van der Waals surface area (Å²) in [6.07, 6.45) is 3.88. The molecular formula is C13H19N3O2. The van der Waals surface area contributed by atoms with Crippen LogP contribution in [0, 0.1) is 5.92 Å². The summed E-state index contributed by atoms with van der Waals surface area (Å²) in [7, 11) is 1.37. The summed E-state index contributed by atoms with van der Waals surface area (Å²) >= 11 is 0. The van der Waals surface area contributed by atoms with Crippen LogP contribution >= 0.6 is 0 Å². The number of ether oxygens (including phenoxy) is 1. The maximum atomic E-state index is 11.7. The van der Waals surface area contributed by atoms with E-state index < -0.39 is 0 Å². The van der Waals surface area contributed by atoms with E-state index in [9.17, 15) is 4.79 Å². The Labute approximate surface area is 107 Å². The maximum Gasteiger partial charge on any atom is 0.341 e. The van der Waals surface area contributed by atoms with E-state index in [1.807, 2.05) is 0 Å². The highest BCUT2D eigenvalue weighted by molar-refractivity contribution is 5.95. The average Bonchev–Trinajstić information content (AvgIpc) is 2.86. The molecule has 1 aromatic rings. The van der Waals surface area contributed by atoms with E-state index in [0.717, 1.165) is 25.9 Å². The fourth-order valence-corrected chi connectivity index (χ4v) is 2.34. The van der Waals surface area contributed by atoms with Gasteiger partial charge in [0.1, 0.15) is 11.4 Å². The number of carbonyl (C=O) groups excluding carboxylic acids is 1. The van der Waals surface area contributed by atoms with Crippen LogP contribution in [0.5, 0.6) is 0 Å². The van der Waals surface area contributed by atoms with Gasteiger partial charge in [0, 0.05) is 13.1 Å². The van der Waals surface area contributed by atoms with Gasteiger partial charge in [-0.1, -0.05) is 13.3 Å². The Balaban J connectivity index is 2.30. The van der Waals surface area contributed by atoms with Crippen LogP contribution in [0.25, 0.3) is 0 Å². The van der Waals surface area contributed by atoms with Crippen molar-refractivity contribution in [1.29, 1.82) is 0 Å². The van der Waals surface area contributed by atoms with Crippen LogP contribution in [0.3, 0.4) is 0 Å². The van der Waals surface area contributed by atoms with Gasteiger partial charge in [-0.15, -0.1) is 0 Å². The van der Waals surface area contributed by atoms with E-state index in [-0.39, 0.29) is 5.97 Å². The molecule has 1 atom stereocenters. The number of nitrogens with zero attached hydrogens (tertiary/aromatic N) is 2. The molecular weight excluding hydrogens is 230 g/mol. The lowest BCUT2D eigenvalue weighted by Crippen LogP contribution is -2.24. The van der Waals surface area contributed by atoms with Crippen molar-refractivity contribution >= 4 is 17.5 Å². The van der Waals surface area contributed by atoms with Crippen molar-refractivity contribution in [2.75, 3.05) is 30.8 Å². The van der Waals surface area contributed by atoms with E-state index in [1.165, 1.54) is 7.11 Å². The normalized spacial score (nSPS) is 19.0. The predicted octanol–water partition coefficient (Wildman–Crippen LogP) is 1.69. The Morgan fingerprint density at radius 1 is 1.67 bits per heavy atom. The first-order valence-electron chi connectivity index (χ1n) is 6.24. The lowest BCUT2D eigenvalue weighted by Gasteiger charge is -2.20. The van der Waals surface area contributed by atoms with Gasteiger partial charge >= 0.3 is 5.97 Å². The van der Waals surface area contributed by atoms with Crippen molar-refractivity contribution in [3.63, 3.8) is 0 Å². The third-order valence-electron chi connectivity index (χ3n) is 3.46. The van der Waals surface area contributed by atoms with Crippen molar-refractivity contribution in [2.45, 2.75) is 19.8 Å². The zero-order valence-electron chi connectivity index (χ0n) is 10.8. The van der Waals surface area contributed by atoms with Crippen molar-refractivity contribution in [3.8, 4) is 0 Å². The molecule has 1 unspecified atom stereocenters. The fraction of sp³-hybridized carbons (Fsp3) is 0.538. The maximum absolute atomic E-state index is 11.7. The van der Waals surface area contributed by atoms with Gasteiger partial charge in [-0.05, 0) is 18.4 Å². The highest BCUT2D eigenvalue weighted by atomic mass is 16.5. The smallest absolute Gasteiger partial charge is 0.341 e. The number of pyridine rings is 1. The van der Waals surface area contributed by atoms with Gasteiger partial charge in [-0.3, -0.25) is 0 Å². The van der Waals surface area contributed by atoms with E-state index in [2.05, 4.69) is 16.8 Å². The topological polar surface area (TPSA) is 68.5 Å². The molecule has 0 spiro atoms. The van der Waals surface area contributed by atoms with Crippen LogP contribution in [0.1, 0.15) is 30.1 Å². The zero-order valence-corrected chi connectivity index (χ0v) is 10.8. The monoisotopic (exact) mass is 249 g/mol. The molecule has 5 heteroatoms. The molecule has 0 radical (unpaired) electrons. The number of methoxy groups -OCH3 is 1. The third kappa shape index (κ3) is 2.39. The van der Waals surface area contributed by atoms with E-state index in [0.29, 0.717) is 23.0 Å². The molecule has 98 valence electrons. The fourth-order valence-electron chi connectivity index (χ4n) is 2.34. The molecule has 1 fully saturated rings. The van der Waals surface area contributed by atoms with Gasteiger partial charge in [-0.2, -0.15) is 0 Å². The quantitative estimate of drug-likeness (QED) is 0.825. The molecule has 2 heterocycles. The van der Waals surface area contributed by atoms with E-state index in [4.69, 9.17) is 10.5 Å². The van der Waals surface area contributed by atoms with Gasteiger partial charge in [0.2, 0.25) is 0 Å². The highest BCUT2D eigenvalue weighted by Gasteiger charge is 2.26. The minimum atomic E-state index is -0.384. The molecule has 18 heavy (non-hydrogen) atoms. The Bertz CT molecular complexity index is 448. The third-order valence-corrected chi connectivity index (χ3v) is 3.46. The number of esters is 1. The van der Waals surface area contributed by atoms with Gasteiger partial charge in [0.25, 0.3) is 0 Å². The number of hydrogen-bond donors (Lipinski definition) is 1. The number of hydrogen-bond acceptors (Lipinski definition) is 5. The second-order valence-corrected chi connectivity index (χ2v) is 4.64. The minimum Gasteiger partial charge on any atom is -0.465 e. The second-order valence-electron chi connectivity index (χ2n) is 4.64. The second kappa shape index (κ2) is 5.25. The summed E-state index contributed by atoms with van der Waals surface area (Å²) in [6.45, 7) is 4.06. The average molecular weight is 249 g/mol. The molecule has 0 amide bonds. The number of nitrogens with two attached hydrogens (primary N) is 1. The number of nitrogen functional groups attached to an aromatic ring is 1. The number of carbonyl (C=O) groups is 1. The number of rotatable bonds is 3. The molecule has 0 aliphatic carbocycles. The molecule has 1 saturated heterocycles. The van der Waals surface area contributed by atoms with Crippen molar-refractivity contribution < 1.29 is 9.53 Å². The SMILES string of the molecule is CCC1CCN(c2ncc(N)cc2C(=O)OC)C1. The Morgan fingerprint density at radius 2 is 2.44 bits per heavy atom. The highest BCUT2D eigenvalue weighted by Crippen LogP contribution is 2.28. The minimum absolute atomic E-state index is 0.384. The molecule has 1 aliphatic rings. The van der Waals surface area contributed by atoms with Gasteiger partial charge in [0.05, 0.1) is 19.0 Å². The summed E-state index contributed by atoms with van der Waals surface area (Å²) in [6, 6.07) is 1.63. The summed E-state index contributed by atoms with van der Waals surface area (Å²) < 4.78 is 4.78. The first kappa shape index (κ1) is 12.7. The van der Waals surface area contributed by atoms with Crippen LogP contribution in [-0.2, 0) is 4.74 Å². The van der Waals surface area contributed by atoms with Gasteiger partial charge < -0.3 is 15.4 Å². The Morgan fingerprint density at radius 3 is 3.06 bits per heavy atom. The van der Waals surface area contributed by atoms with Gasteiger partial charge in [-0.25, -0.2) is 9.78 Å². The largest absolute Gasteiger partial charge is 0.465 e. The van der Waals surface area contributed by atoms with Crippen LogP contribution in [-0.4, -0.2) is 31.2 Å². The summed E-state index contributed by atoms with van der Waals surface area (Å²) in [5.74, 6) is 0.978. The van der Waals surface area contributed by atoms with Crippen LogP contribution in [0.15, 0.2) is 12.3 Å². The van der Waals surface area contributed by atoms with Crippen molar-refractivity contribution in [3.05, 3.63) is 17.8 Å². The van der Waals surface area contributed by atoms with E-state index >= 15 is 0 Å². The molecule has 2 N–H and O–H groups in total. The van der Waals surface area contributed by atoms with Crippen LogP contribution in [0.4, 0.5) is 11.5 Å². The molecule has 1 aromatic heterocycles. The Hall–Kier alpha value is -1.78. The first-order valence-corrected chi connectivity index (χ1v) is 6.24. The molecule has 0 aromatic carbocycles. The van der Waals surface area contributed by atoms with Crippen LogP contribution in [0.2, 0.25) is 0 Å². The number of aromatic nitrogens is 1. The van der Waals surface area contributed by atoms with Crippen molar-refractivity contribution in [2.24, 2.45) is 5.92 Å². The molecule has 0 bridgehead atoms. The van der Waals surface area contributed by atoms with E-state index in [1.54, 1.807) is 12.3 Å². The summed E-state index contributed by atoms with van der Waals surface area (Å²) in [4.78, 5) is 18.2. The lowest BCUT2D eigenvalue weighted by atomic mass is 10.1. The Kier molecular flexibility index (Phi) is 3.69. The molecule has 2 rings (SSSR count). The van der Waals surface area contributed by atoms with Gasteiger partial charge in [0.15, 0.2) is 0 Å².